The summed E-state index contributed by atoms with van der Waals surface area (Å²) in [5, 5.41) is 0. The highest BCUT2D eigenvalue weighted by Gasteiger charge is 2.56. The van der Waals surface area contributed by atoms with Crippen LogP contribution in [0.2, 0.25) is 0 Å². The van der Waals surface area contributed by atoms with E-state index in [0.717, 1.165) is 14.2 Å². The molecule has 0 aromatic carbocycles. The van der Waals surface area contributed by atoms with Gasteiger partial charge in [-0.05, 0) is 0 Å². The molecule has 0 radical (unpaired) electrons. The van der Waals surface area contributed by atoms with E-state index in [1.165, 1.54) is 0 Å². The number of halogens is 4. The van der Waals surface area contributed by atoms with Crippen molar-refractivity contribution in [2.24, 2.45) is 0 Å². The van der Waals surface area contributed by atoms with E-state index >= 15 is 0 Å². The lowest BCUT2D eigenvalue weighted by Crippen LogP contribution is -2.47. The minimum Gasteiger partial charge on any atom is -0.380 e. The van der Waals surface area contributed by atoms with Crippen molar-refractivity contribution >= 4 is 6.03 Å². The van der Waals surface area contributed by atoms with Crippen molar-refractivity contribution in [3.63, 3.8) is 0 Å². The van der Waals surface area contributed by atoms with Crippen LogP contribution in [-0.4, -0.2) is 68.4 Å². The van der Waals surface area contributed by atoms with Crippen molar-refractivity contribution in [3.05, 3.63) is 0 Å². The van der Waals surface area contributed by atoms with Crippen LogP contribution in [0.4, 0.5) is 22.4 Å². The van der Waals surface area contributed by atoms with E-state index in [9.17, 15) is 22.4 Å². The Morgan fingerprint density at radius 3 is 2.22 bits per heavy atom. The van der Waals surface area contributed by atoms with Gasteiger partial charge in [-0.2, -0.15) is 8.78 Å². The molecule has 0 aromatic heterocycles. The predicted octanol–water partition coefficient (Wildman–Crippen LogP) is 1.20. The fourth-order valence-electron chi connectivity index (χ4n) is 1.61. The molecule has 2 atom stereocenters. The minimum absolute atomic E-state index is 0.228. The van der Waals surface area contributed by atoms with Gasteiger partial charge in [0.1, 0.15) is 6.54 Å². The number of alkyl halides is 4. The van der Waals surface area contributed by atoms with Crippen LogP contribution in [0.5, 0.6) is 0 Å². The number of carbonyl (C=O) groups excluding carboxylic acids is 1. The van der Waals surface area contributed by atoms with Crippen LogP contribution in [0.25, 0.3) is 0 Å². The molecule has 2 amide bonds. The van der Waals surface area contributed by atoms with Crippen LogP contribution in [0, 0.1) is 0 Å². The van der Waals surface area contributed by atoms with Gasteiger partial charge < -0.3 is 9.47 Å². The Morgan fingerprint density at radius 1 is 1.22 bits per heavy atom. The molecule has 0 saturated carbocycles. The summed E-state index contributed by atoms with van der Waals surface area (Å²) >= 11 is 0. The van der Waals surface area contributed by atoms with Gasteiger partial charge in [0.15, 0.2) is 6.30 Å². The van der Waals surface area contributed by atoms with Gasteiger partial charge in [-0.15, -0.1) is 0 Å². The van der Waals surface area contributed by atoms with E-state index in [4.69, 9.17) is 0 Å². The van der Waals surface area contributed by atoms with Crippen LogP contribution in [0.15, 0.2) is 0 Å². The molecule has 0 aromatic rings. The van der Waals surface area contributed by atoms with E-state index in [2.05, 4.69) is 9.47 Å². The number of methoxy groups -OCH3 is 2. The van der Waals surface area contributed by atoms with Crippen molar-refractivity contribution in [2.45, 2.75) is 18.6 Å². The minimum atomic E-state index is -3.78. The molecule has 1 saturated heterocycles. The fourth-order valence-corrected chi connectivity index (χ4v) is 1.61. The largest absolute Gasteiger partial charge is 0.380 e. The number of hydrogen-bond acceptors (Lipinski definition) is 3. The Kier molecular flexibility index (Phi) is 4.74. The van der Waals surface area contributed by atoms with Crippen LogP contribution in [0.3, 0.4) is 0 Å². The second kappa shape index (κ2) is 5.70. The summed E-state index contributed by atoms with van der Waals surface area (Å²) in [6.45, 7) is -2.49. The lowest BCUT2D eigenvalue weighted by Gasteiger charge is -2.25. The molecule has 1 rings (SSSR count). The number of nitrogens with zero attached hydrogens (tertiary/aromatic N) is 2. The van der Waals surface area contributed by atoms with Crippen LogP contribution in [0.1, 0.15) is 0 Å². The second-order valence-corrected chi connectivity index (χ2v) is 3.73. The first-order chi connectivity index (χ1) is 8.35. The van der Waals surface area contributed by atoms with Crippen molar-refractivity contribution in [1.82, 2.24) is 9.80 Å². The third kappa shape index (κ3) is 2.83. The highest BCUT2D eigenvalue weighted by Crippen LogP contribution is 2.33. The summed E-state index contributed by atoms with van der Waals surface area (Å²) in [5.41, 5.74) is 0. The smallest absolute Gasteiger partial charge is 0.349 e. The first kappa shape index (κ1) is 15.0. The molecule has 106 valence electrons. The molecular formula is C9H14F4N2O3. The number of carbonyl (C=O) groups is 1. The maximum absolute atomic E-state index is 13.4. The van der Waals surface area contributed by atoms with Crippen LogP contribution >= 0.6 is 0 Å². The third-order valence-electron chi connectivity index (χ3n) is 2.39. The highest BCUT2D eigenvalue weighted by atomic mass is 19.3. The number of urea groups is 1. The maximum Gasteiger partial charge on any atom is 0.349 e. The monoisotopic (exact) mass is 274 g/mol. The molecule has 5 nitrogen and oxygen atoms in total. The Hall–Kier alpha value is -1.09. The Bertz CT molecular complexity index is 306. The summed E-state index contributed by atoms with van der Waals surface area (Å²) in [5.74, 6) is 0. The summed E-state index contributed by atoms with van der Waals surface area (Å²) < 4.78 is 62.5. The van der Waals surface area contributed by atoms with E-state index in [1.54, 1.807) is 0 Å². The Labute approximate surface area is 101 Å². The lowest BCUT2D eigenvalue weighted by atomic mass is 10.4. The van der Waals surface area contributed by atoms with Gasteiger partial charge >= 0.3 is 12.1 Å². The molecular weight excluding hydrogens is 260 g/mol. The van der Waals surface area contributed by atoms with Gasteiger partial charge in [-0.1, -0.05) is 0 Å². The fraction of sp³-hybridized carbons (Fsp3) is 0.889. The summed E-state index contributed by atoms with van der Waals surface area (Å²) in [6, 6.07) is -5.21. The van der Waals surface area contributed by atoms with E-state index < -0.39 is 44.4 Å². The summed E-state index contributed by atoms with van der Waals surface area (Å²) in [7, 11) is 2.26. The molecule has 1 aliphatic heterocycles. The Balaban J connectivity index is 2.83. The zero-order valence-electron chi connectivity index (χ0n) is 9.91. The number of ether oxygens (including phenoxy) is 2. The zero-order valence-corrected chi connectivity index (χ0v) is 9.91. The second-order valence-electron chi connectivity index (χ2n) is 3.73. The summed E-state index contributed by atoms with van der Waals surface area (Å²) in [4.78, 5) is 11.4. The van der Waals surface area contributed by atoms with Gasteiger partial charge in [0.05, 0.1) is 13.2 Å². The molecule has 9 heteroatoms. The SMILES string of the molecule is COCC(F)N1CC(F)(F)N(C(F)COC)C1=O. The lowest BCUT2D eigenvalue weighted by molar-refractivity contribution is -0.146. The van der Waals surface area contributed by atoms with E-state index in [0.29, 0.717) is 0 Å². The first-order valence-corrected chi connectivity index (χ1v) is 5.09. The van der Waals surface area contributed by atoms with Gasteiger partial charge in [-0.25, -0.2) is 18.5 Å². The molecule has 0 N–H and O–H groups in total. The Morgan fingerprint density at radius 2 is 1.72 bits per heavy atom. The highest BCUT2D eigenvalue weighted by molar-refractivity contribution is 5.78. The van der Waals surface area contributed by atoms with Gasteiger partial charge in [0.25, 0.3) is 0 Å². The molecule has 1 fully saturated rings. The van der Waals surface area contributed by atoms with Crippen LogP contribution < -0.4 is 0 Å². The third-order valence-corrected chi connectivity index (χ3v) is 2.39. The topological polar surface area (TPSA) is 42.0 Å². The van der Waals surface area contributed by atoms with Crippen molar-refractivity contribution in [2.75, 3.05) is 34.0 Å². The number of amides is 2. The standard InChI is InChI=1S/C9H14F4N2O3/c1-17-3-6(10)14-5-9(12,13)15(8(14)16)7(11)4-18-2/h6-7H,3-5H2,1-2H3. The van der Waals surface area contributed by atoms with Crippen molar-refractivity contribution < 1.29 is 31.8 Å². The molecule has 2 unspecified atom stereocenters. The molecule has 1 heterocycles. The average Bonchev–Trinajstić information content (AvgIpc) is 2.49. The predicted molar refractivity (Wildman–Crippen MR) is 52.4 cm³/mol. The molecule has 0 spiro atoms. The van der Waals surface area contributed by atoms with E-state index in [1.807, 2.05) is 0 Å². The normalized spacial score (nSPS) is 22.4. The van der Waals surface area contributed by atoms with E-state index in [-0.39, 0.29) is 9.80 Å². The van der Waals surface area contributed by atoms with Gasteiger partial charge in [0.2, 0.25) is 6.30 Å². The summed E-state index contributed by atoms with van der Waals surface area (Å²) in [6.07, 6.45) is -4.38. The van der Waals surface area contributed by atoms with Crippen molar-refractivity contribution in [1.29, 1.82) is 0 Å². The molecule has 18 heavy (non-hydrogen) atoms. The quantitative estimate of drug-likeness (QED) is 0.540. The van der Waals surface area contributed by atoms with Crippen molar-refractivity contribution in [3.8, 4) is 0 Å². The van der Waals surface area contributed by atoms with Gasteiger partial charge in [0, 0.05) is 14.2 Å². The average molecular weight is 274 g/mol. The maximum atomic E-state index is 13.4. The first-order valence-electron chi connectivity index (χ1n) is 5.09. The number of hydrogen-bond donors (Lipinski definition) is 0. The molecule has 0 aliphatic carbocycles. The molecule has 0 bridgehead atoms. The van der Waals surface area contributed by atoms with Crippen LogP contribution in [-0.2, 0) is 9.47 Å². The van der Waals surface area contributed by atoms with Gasteiger partial charge in [-0.3, -0.25) is 4.90 Å². The number of rotatable bonds is 6. The molecule has 1 aliphatic rings. The zero-order chi connectivity index (χ0) is 13.9.